The number of esters is 1. The molecule has 0 aliphatic rings. The fourth-order valence-electron chi connectivity index (χ4n) is 1.74. The Morgan fingerprint density at radius 2 is 1.67 bits per heavy atom. The predicted molar refractivity (Wildman–Crippen MR) is 79.4 cm³/mol. The van der Waals surface area contributed by atoms with Gasteiger partial charge in [0.2, 0.25) is 0 Å². The smallest absolute Gasteiger partial charge is 0.338 e. The van der Waals surface area contributed by atoms with Gasteiger partial charge < -0.3 is 14.2 Å². The second kappa shape index (κ2) is 8.07. The van der Waals surface area contributed by atoms with Crippen LogP contribution >= 0.6 is 0 Å². The van der Waals surface area contributed by atoms with E-state index in [1.807, 2.05) is 30.3 Å². The molecule has 2 rings (SSSR count). The first-order valence-electron chi connectivity index (χ1n) is 6.72. The molecule has 0 saturated carbocycles. The summed E-state index contributed by atoms with van der Waals surface area (Å²) in [4.78, 5) is 11.9. The first-order valence-corrected chi connectivity index (χ1v) is 6.72. The minimum absolute atomic E-state index is 0.270. The van der Waals surface area contributed by atoms with Crippen LogP contribution in [0.4, 0.5) is 0 Å². The normalized spacial score (nSPS) is 10.1. The summed E-state index contributed by atoms with van der Waals surface area (Å²) in [6, 6.07) is 16.5. The summed E-state index contributed by atoms with van der Waals surface area (Å²) in [6.07, 6.45) is 0. The standard InChI is InChI=1S/C17H18O4/c1-19-11-12-20-16-9-7-15(8-10-16)17(18)21-13-14-5-3-2-4-6-14/h2-10H,11-13H2,1H3. The van der Waals surface area contributed by atoms with Gasteiger partial charge in [-0.2, -0.15) is 0 Å². The average molecular weight is 286 g/mol. The maximum atomic E-state index is 11.9. The molecule has 2 aromatic rings. The molecule has 0 N–H and O–H groups in total. The molecule has 21 heavy (non-hydrogen) atoms. The highest BCUT2D eigenvalue weighted by atomic mass is 16.5. The number of hydrogen-bond donors (Lipinski definition) is 0. The van der Waals surface area contributed by atoms with E-state index in [1.54, 1.807) is 31.4 Å². The van der Waals surface area contributed by atoms with Crippen molar-refractivity contribution in [2.45, 2.75) is 6.61 Å². The number of carbonyl (C=O) groups excluding carboxylic acids is 1. The predicted octanol–water partition coefficient (Wildman–Crippen LogP) is 3.07. The minimum Gasteiger partial charge on any atom is -0.491 e. The van der Waals surface area contributed by atoms with Gasteiger partial charge in [-0.3, -0.25) is 0 Å². The molecule has 0 bridgehead atoms. The van der Waals surface area contributed by atoms with Crippen LogP contribution in [0.5, 0.6) is 5.75 Å². The van der Waals surface area contributed by atoms with Crippen molar-refractivity contribution in [1.29, 1.82) is 0 Å². The summed E-state index contributed by atoms with van der Waals surface area (Å²) in [5.74, 6) is 0.356. The van der Waals surface area contributed by atoms with E-state index < -0.39 is 0 Å². The van der Waals surface area contributed by atoms with Crippen LogP contribution in [0.1, 0.15) is 15.9 Å². The van der Waals surface area contributed by atoms with Gasteiger partial charge in [0.25, 0.3) is 0 Å². The summed E-state index contributed by atoms with van der Waals surface area (Å²) >= 11 is 0. The van der Waals surface area contributed by atoms with Crippen molar-refractivity contribution in [2.75, 3.05) is 20.3 Å². The molecule has 0 heterocycles. The summed E-state index contributed by atoms with van der Waals surface area (Å²) in [5, 5.41) is 0. The third-order valence-corrected chi connectivity index (χ3v) is 2.86. The molecule has 0 aromatic heterocycles. The molecular formula is C17H18O4. The van der Waals surface area contributed by atoms with E-state index in [0.29, 0.717) is 24.5 Å². The second-order valence-corrected chi connectivity index (χ2v) is 4.43. The minimum atomic E-state index is -0.345. The first-order chi connectivity index (χ1) is 10.3. The largest absolute Gasteiger partial charge is 0.491 e. The third-order valence-electron chi connectivity index (χ3n) is 2.86. The maximum absolute atomic E-state index is 11.9. The van der Waals surface area contributed by atoms with Crippen molar-refractivity contribution in [3.8, 4) is 5.75 Å². The summed E-state index contributed by atoms with van der Waals surface area (Å²) in [7, 11) is 1.62. The number of methoxy groups -OCH3 is 1. The Hall–Kier alpha value is -2.33. The zero-order valence-electron chi connectivity index (χ0n) is 12.0. The number of ether oxygens (including phenoxy) is 3. The van der Waals surface area contributed by atoms with Crippen LogP contribution in [0, 0.1) is 0 Å². The van der Waals surface area contributed by atoms with Crippen molar-refractivity contribution in [3.63, 3.8) is 0 Å². The second-order valence-electron chi connectivity index (χ2n) is 4.43. The highest BCUT2D eigenvalue weighted by Crippen LogP contribution is 2.13. The third kappa shape index (κ3) is 4.93. The van der Waals surface area contributed by atoms with Gasteiger partial charge in [-0.15, -0.1) is 0 Å². The SMILES string of the molecule is COCCOc1ccc(C(=O)OCc2ccccc2)cc1. The van der Waals surface area contributed by atoms with Crippen LogP contribution in [0.15, 0.2) is 54.6 Å². The van der Waals surface area contributed by atoms with Gasteiger partial charge in [0, 0.05) is 7.11 Å². The van der Waals surface area contributed by atoms with E-state index >= 15 is 0 Å². The molecule has 0 unspecified atom stereocenters. The number of rotatable bonds is 7. The van der Waals surface area contributed by atoms with Crippen LogP contribution in [0.2, 0.25) is 0 Å². The van der Waals surface area contributed by atoms with Crippen molar-refractivity contribution in [1.82, 2.24) is 0 Å². The number of carbonyl (C=O) groups is 1. The van der Waals surface area contributed by atoms with E-state index in [4.69, 9.17) is 14.2 Å². The molecular weight excluding hydrogens is 268 g/mol. The lowest BCUT2D eigenvalue weighted by Gasteiger charge is -2.07. The van der Waals surface area contributed by atoms with Gasteiger partial charge in [0.1, 0.15) is 19.0 Å². The van der Waals surface area contributed by atoms with Gasteiger partial charge in [-0.05, 0) is 29.8 Å². The van der Waals surface area contributed by atoms with Gasteiger partial charge in [-0.1, -0.05) is 30.3 Å². The zero-order chi connectivity index (χ0) is 14.9. The van der Waals surface area contributed by atoms with Crippen molar-refractivity contribution in [2.24, 2.45) is 0 Å². The maximum Gasteiger partial charge on any atom is 0.338 e. The molecule has 2 aromatic carbocycles. The summed E-state index contributed by atoms with van der Waals surface area (Å²) < 4.78 is 15.6. The van der Waals surface area contributed by atoms with Crippen LogP contribution in [0.25, 0.3) is 0 Å². The summed E-state index contributed by atoms with van der Waals surface area (Å²) in [5.41, 5.74) is 1.47. The Morgan fingerprint density at radius 1 is 0.952 bits per heavy atom. The van der Waals surface area contributed by atoms with E-state index in [9.17, 15) is 4.79 Å². The van der Waals surface area contributed by atoms with Crippen LogP contribution in [-0.4, -0.2) is 26.3 Å². The fraction of sp³-hybridized carbons (Fsp3) is 0.235. The van der Waals surface area contributed by atoms with Crippen molar-refractivity contribution >= 4 is 5.97 Å². The average Bonchev–Trinajstić information content (AvgIpc) is 2.54. The molecule has 0 saturated heterocycles. The van der Waals surface area contributed by atoms with Crippen molar-refractivity contribution < 1.29 is 19.0 Å². The quantitative estimate of drug-likeness (QED) is 0.579. The van der Waals surface area contributed by atoms with Crippen LogP contribution < -0.4 is 4.74 Å². The molecule has 4 heteroatoms. The molecule has 0 aliphatic heterocycles. The van der Waals surface area contributed by atoms with Gasteiger partial charge in [-0.25, -0.2) is 4.79 Å². The van der Waals surface area contributed by atoms with E-state index in [-0.39, 0.29) is 12.6 Å². The van der Waals surface area contributed by atoms with Gasteiger partial charge in [0.15, 0.2) is 0 Å². The lowest BCUT2D eigenvalue weighted by molar-refractivity contribution is 0.0472. The Bertz CT molecular complexity index is 549. The zero-order valence-corrected chi connectivity index (χ0v) is 12.0. The molecule has 0 fully saturated rings. The highest BCUT2D eigenvalue weighted by molar-refractivity contribution is 5.89. The Labute approximate surface area is 124 Å². The molecule has 110 valence electrons. The molecule has 0 spiro atoms. The van der Waals surface area contributed by atoms with Crippen molar-refractivity contribution in [3.05, 3.63) is 65.7 Å². The topological polar surface area (TPSA) is 44.8 Å². The monoisotopic (exact) mass is 286 g/mol. The first kappa shape index (κ1) is 15.1. The van der Waals surface area contributed by atoms with E-state index in [2.05, 4.69) is 0 Å². The molecule has 4 nitrogen and oxygen atoms in total. The van der Waals surface area contributed by atoms with Crippen LogP contribution in [-0.2, 0) is 16.1 Å². The van der Waals surface area contributed by atoms with E-state index in [1.165, 1.54) is 0 Å². The number of hydrogen-bond acceptors (Lipinski definition) is 4. The Balaban J connectivity index is 1.85. The Morgan fingerprint density at radius 3 is 2.33 bits per heavy atom. The van der Waals surface area contributed by atoms with Crippen LogP contribution in [0.3, 0.4) is 0 Å². The lowest BCUT2D eigenvalue weighted by atomic mass is 10.2. The molecule has 0 amide bonds. The molecule has 0 atom stereocenters. The van der Waals surface area contributed by atoms with Gasteiger partial charge in [0.05, 0.1) is 12.2 Å². The lowest BCUT2D eigenvalue weighted by Crippen LogP contribution is -2.06. The van der Waals surface area contributed by atoms with Gasteiger partial charge >= 0.3 is 5.97 Å². The molecule has 0 aliphatic carbocycles. The molecule has 0 radical (unpaired) electrons. The summed E-state index contributed by atoms with van der Waals surface area (Å²) in [6.45, 7) is 1.28. The number of benzene rings is 2. The highest BCUT2D eigenvalue weighted by Gasteiger charge is 2.07. The Kier molecular flexibility index (Phi) is 5.79. The van der Waals surface area contributed by atoms with E-state index in [0.717, 1.165) is 5.56 Å². The fourth-order valence-corrected chi connectivity index (χ4v) is 1.74.